The molecule has 0 aliphatic heterocycles. The average Bonchev–Trinajstić information content (AvgIpc) is 2.60. The number of carboxylic acids is 1. The van der Waals surface area contributed by atoms with Crippen molar-refractivity contribution in [1.82, 2.24) is 14.7 Å². The van der Waals surface area contributed by atoms with Crippen LogP contribution in [0.25, 0.3) is 0 Å². The van der Waals surface area contributed by atoms with Crippen molar-refractivity contribution < 1.29 is 9.90 Å². The third-order valence-electron chi connectivity index (χ3n) is 2.38. The van der Waals surface area contributed by atoms with Crippen molar-refractivity contribution in [2.24, 2.45) is 0 Å². The normalized spacial score (nSPS) is 11.1. The van der Waals surface area contributed by atoms with Gasteiger partial charge in [-0.1, -0.05) is 6.92 Å². The third kappa shape index (κ3) is 3.64. The minimum Gasteiger partial charge on any atom is -0.477 e. The van der Waals surface area contributed by atoms with Gasteiger partial charge in [-0.05, 0) is 26.3 Å². The summed E-state index contributed by atoms with van der Waals surface area (Å²) in [6, 6.07) is 0. The lowest BCUT2D eigenvalue weighted by Gasteiger charge is -2.09. The molecule has 0 aromatic carbocycles. The van der Waals surface area contributed by atoms with Crippen LogP contribution in [0.4, 0.5) is 5.82 Å². The van der Waals surface area contributed by atoms with Gasteiger partial charge >= 0.3 is 5.97 Å². The van der Waals surface area contributed by atoms with E-state index in [9.17, 15) is 9.90 Å². The van der Waals surface area contributed by atoms with Gasteiger partial charge in [0.2, 0.25) is 0 Å². The van der Waals surface area contributed by atoms with Crippen molar-refractivity contribution in [3.8, 4) is 0 Å². The van der Waals surface area contributed by atoms with Gasteiger partial charge in [0, 0.05) is 6.54 Å². The highest BCUT2D eigenvalue weighted by atomic mass is 32.2. The molecule has 0 saturated carbocycles. The second-order valence-corrected chi connectivity index (χ2v) is 5.33. The Morgan fingerprint density at radius 3 is 2.72 bits per heavy atom. The smallest absolute Gasteiger partial charge is 0.342 e. The van der Waals surface area contributed by atoms with Gasteiger partial charge < -0.3 is 15.7 Å². The predicted molar refractivity (Wildman–Crippen MR) is 73.2 cm³/mol. The first-order valence-electron chi connectivity index (χ1n) is 5.84. The maximum atomic E-state index is 11.2. The van der Waals surface area contributed by atoms with Crippen LogP contribution in [-0.4, -0.2) is 52.1 Å². The molecule has 0 spiro atoms. The van der Waals surface area contributed by atoms with Crippen molar-refractivity contribution in [3.05, 3.63) is 5.56 Å². The fourth-order valence-electron chi connectivity index (χ4n) is 1.42. The Labute approximate surface area is 111 Å². The van der Waals surface area contributed by atoms with Crippen LogP contribution >= 0.6 is 11.8 Å². The van der Waals surface area contributed by atoms with E-state index in [0.717, 1.165) is 18.7 Å². The van der Waals surface area contributed by atoms with E-state index in [4.69, 9.17) is 5.73 Å². The number of nitrogens with two attached hydrogens (primary N) is 1. The highest BCUT2D eigenvalue weighted by Crippen LogP contribution is 2.26. The lowest BCUT2D eigenvalue weighted by Crippen LogP contribution is -2.20. The Morgan fingerprint density at radius 1 is 1.56 bits per heavy atom. The molecular formula is C11H20N4O2S. The molecule has 0 unspecified atom stereocenters. The van der Waals surface area contributed by atoms with Crippen molar-refractivity contribution in [1.29, 1.82) is 0 Å². The fraction of sp³-hybridized carbons (Fsp3) is 0.636. The molecule has 0 amide bonds. The molecule has 1 aromatic rings. The first-order chi connectivity index (χ1) is 8.47. The van der Waals surface area contributed by atoms with Crippen molar-refractivity contribution in [2.45, 2.75) is 24.9 Å². The van der Waals surface area contributed by atoms with Crippen LogP contribution in [0.1, 0.15) is 23.7 Å². The van der Waals surface area contributed by atoms with E-state index in [1.807, 2.05) is 25.9 Å². The summed E-state index contributed by atoms with van der Waals surface area (Å²) in [6.45, 7) is 3.40. The monoisotopic (exact) mass is 272 g/mol. The van der Waals surface area contributed by atoms with E-state index in [-0.39, 0.29) is 11.4 Å². The molecule has 1 heterocycles. The quantitative estimate of drug-likeness (QED) is 0.726. The summed E-state index contributed by atoms with van der Waals surface area (Å²) in [5, 5.41) is 14.0. The summed E-state index contributed by atoms with van der Waals surface area (Å²) < 4.78 is 1.57. The molecule has 0 atom stereocenters. The molecule has 0 radical (unpaired) electrons. The number of anilines is 1. The van der Waals surface area contributed by atoms with E-state index in [0.29, 0.717) is 11.6 Å². The molecule has 1 rings (SSSR count). The van der Waals surface area contributed by atoms with Gasteiger partial charge in [-0.15, -0.1) is 11.8 Å². The zero-order chi connectivity index (χ0) is 13.7. The Balaban J connectivity index is 2.95. The summed E-state index contributed by atoms with van der Waals surface area (Å²) in [7, 11) is 3.90. The van der Waals surface area contributed by atoms with Gasteiger partial charge in [-0.25, -0.2) is 9.48 Å². The van der Waals surface area contributed by atoms with E-state index in [2.05, 4.69) is 5.10 Å². The maximum Gasteiger partial charge on any atom is 0.342 e. The number of hydrogen-bond acceptors (Lipinski definition) is 5. The standard InChI is InChI=1S/C11H20N4O2S/c1-4-7-18-10-8(11(16)17)9(12)15(13-10)6-5-14(2)3/h4-7,12H2,1-3H3,(H,16,17). The molecule has 0 saturated heterocycles. The number of nitrogens with zero attached hydrogens (tertiary/aromatic N) is 3. The molecule has 7 heteroatoms. The number of nitrogen functional groups attached to an aromatic ring is 1. The Hall–Kier alpha value is -1.21. The van der Waals surface area contributed by atoms with Gasteiger partial charge in [0.1, 0.15) is 16.4 Å². The van der Waals surface area contributed by atoms with Crippen LogP contribution < -0.4 is 5.73 Å². The van der Waals surface area contributed by atoms with Crippen molar-refractivity contribution in [2.75, 3.05) is 32.1 Å². The minimum atomic E-state index is -1.01. The highest BCUT2D eigenvalue weighted by Gasteiger charge is 2.21. The largest absolute Gasteiger partial charge is 0.477 e. The number of aromatic carboxylic acids is 1. The highest BCUT2D eigenvalue weighted by molar-refractivity contribution is 7.99. The SMILES string of the molecule is CCCSc1nn(CCN(C)C)c(N)c1C(=O)O. The Morgan fingerprint density at radius 2 is 2.22 bits per heavy atom. The van der Waals surface area contributed by atoms with Crippen LogP contribution in [-0.2, 0) is 6.54 Å². The zero-order valence-electron chi connectivity index (χ0n) is 11.0. The summed E-state index contributed by atoms with van der Waals surface area (Å²) >= 11 is 1.44. The van der Waals surface area contributed by atoms with Crippen LogP contribution in [0.15, 0.2) is 5.03 Å². The molecule has 1 aromatic heterocycles. The number of thioether (sulfide) groups is 1. The second kappa shape index (κ2) is 6.65. The zero-order valence-corrected chi connectivity index (χ0v) is 11.8. The molecule has 0 fully saturated rings. The third-order valence-corrected chi connectivity index (χ3v) is 3.55. The average molecular weight is 272 g/mol. The number of hydrogen-bond donors (Lipinski definition) is 2. The lowest BCUT2D eigenvalue weighted by molar-refractivity contribution is 0.0694. The Bertz CT molecular complexity index is 417. The maximum absolute atomic E-state index is 11.2. The molecular weight excluding hydrogens is 252 g/mol. The number of carboxylic acid groups (broad SMARTS) is 1. The molecule has 3 N–H and O–H groups in total. The van der Waals surface area contributed by atoms with Gasteiger partial charge in [-0.3, -0.25) is 0 Å². The van der Waals surface area contributed by atoms with Crippen LogP contribution in [0.5, 0.6) is 0 Å². The van der Waals surface area contributed by atoms with Gasteiger partial charge in [-0.2, -0.15) is 5.10 Å². The predicted octanol–water partition coefficient (Wildman–Crippen LogP) is 1.23. The molecule has 102 valence electrons. The molecule has 0 aliphatic rings. The van der Waals surface area contributed by atoms with E-state index >= 15 is 0 Å². The molecule has 18 heavy (non-hydrogen) atoms. The van der Waals surface area contributed by atoms with Crippen LogP contribution in [0, 0.1) is 0 Å². The van der Waals surface area contributed by atoms with Gasteiger partial charge in [0.15, 0.2) is 0 Å². The molecule has 0 aliphatic carbocycles. The van der Waals surface area contributed by atoms with Crippen LogP contribution in [0.3, 0.4) is 0 Å². The first-order valence-corrected chi connectivity index (χ1v) is 6.83. The van der Waals surface area contributed by atoms with E-state index in [1.165, 1.54) is 11.8 Å². The van der Waals surface area contributed by atoms with Crippen molar-refractivity contribution >= 4 is 23.5 Å². The van der Waals surface area contributed by atoms with Crippen LogP contribution in [0.2, 0.25) is 0 Å². The van der Waals surface area contributed by atoms with E-state index in [1.54, 1.807) is 4.68 Å². The minimum absolute atomic E-state index is 0.132. The fourth-order valence-corrected chi connectivity index (χ4v) is 2.31. The van der Waals surface area contributed by atoms with Gasteiger partial charge in [0.05, 0.1) is 6.54 Å². The number of likely N-dealkylation sites (N-methyl/N-ethyl adjacent to an activating group) is 1. The summed E-state index contributed by atoms with van der Waals surface area (Å²) in [4.78, 5) is 13.2. The van der Waals surface area contributed by atoms with Gasteiger partial charge in [0.25, 0.3) is 0 Å². The molecule has 6 nitrogen and oxygen atoms in total. The summed E-state index contributed by atoms with van der Waals surface area (Å²) in [6.07, 6.45) is 0.966. The first kappa shape index (κ1) is 14.8. The summed E-state index contributed by atoms with van der Waals surface area (Å²) in [5.41, 5.74) is 5.98. The van der Waals surface area contributed by atoms with Crippen molar-refractivity contribution in [3.63, 3.8) is 0 Å². The Kier molecular flexibility index (Phi) is 5.49. The topological polar surface area (TPSA) is 84.4 Å². The second-order valence-electron chi connectivity index (χ2n) is 4.25. The number of aromatic nitrogens is 2. The van der Waals surface area contributed by atoms with E-state index < -0.39 is 5.97 Å². The summed E-state index contributed by atoms with van der Waals surface area (Å²) in [5.74, 6) is 0.0647. The lowest BCUT2D eigenvalue weighted by atomic mass is 10.3. The molecule has 0 bridgehead atoms. The number of rotatable bonds is 7. The number of carbonyl (C=O) groups is 1.